The number of fused-ring (bicyclic) bond motifs is 1. The third-order valence-electron chi connectivity index (χ3n) is 5.76. The minimum atomic E-state index is -4.15. The Kier molecular flexibility index (Phi) is 9.78. The van der Waals surface area contributed by atoms with Crippen LogP contribution in [0.3, 0.4) is 0 Å². The van der Waals surface area contributed by atoms with Crippen LogP contribution in [0.4, 0.5) is 13.2 Å². The number of carbonyl (C=O) groups is 2. The molecule has 0 radical (unpaired) electrons. The molecular formula is C22H30F3IN4O2. The number of guanidine groups is 1. The van der Waals surface area contributed by atoms with E-state index in [9.17, 15) is 22.8 Å². The van der Waals surface area contributed by atoms with Crippen molar-refractivity contribution in [1.82, 2.24) is 15.5 Å². The molecule has 2 N–H and O–H groups in total. The first-order chi connectivity index (χ1) is 14.8. The van der Waals surface area contributed by atoms with Crippen molar-refractivity contribution in [2.75, 3.05) is 19.6 Å². The normalized spacial score (nSPS) is 21.2. The number of unbranched alkanes of at least 4 members (excludes halogenated alkanes) is 1. The summed E-state index contributed by atoms with van der Waals surface area (Å²) in [6, 6.07) is 6.53. The number of benzene rings is 1. The molecule has 178 valence electrons. The van der Waals surface area contributed by atoms with Crippen molar-refractivity contribution in [3.63, 3.8) is 0 Å². The van der Waals surface area contributed by atoms with E-state index < -0.39 is 12.1 Å². The molecule has 32 heavy (non-hydrogen) atoms. The number of nitrogens with one attached hydrogen (secondary N) is 2. The number of alkyl halides is 3. The Bertz CT molecular complexity index is 797. The van der Waals surface area contributed by atoms with Crippen molar-refractivity contribution in [3.05, 3.63) is 35.4 Å². The van der Waals surface area contributed by atoms with Crippen LogP contribution >= 0.6 is 24.0 Å². The van der Waals surface area contributed by atoms with Crippen LogP contribution in [0.5, 0.6) is 0 Å². The molecule has 0 saturated heterocycles. The molecule has 1 saturated carbocycles. The Hall–Kier alpha value is -1.85. The van der Waals surface area contributed by atoms with Crippen LogP contribution in [-0.4, -0.2) is 54.5 Å². The molecule has 0 aromatic heterocycles. The number of hydrogen-bond donors (Lipinski definition) is 2. The lowest BCUT2D eigenvalue weighted by Gasteiger charge is -2.31. The average molecular weight is 566 g/mol. The number of nitrogens with zero attached hydrogens (tertiary/aromatic N) is 2. The standard InChI is InChI=1S/C22H29F3N4O2.HI/c1-2-26-21(28-16-9-7-8-15(14-16)22(23,24)25)27-12-5-6-13-29-19(30)17-10-3-4-11-18(17)20(29)31;/h3-4,10-11,15-16H,2,5-9,12-14H2,1H3,(H2,26,27,28);1H. The Morgan fingerprint density at radius 3 is 2.38 bits per heavy atom. The highest BCUT2D eigenvalue weighted by Gasteiger charge is 2.42. The molecule has 1 aliphatic heterocycles. The first-order valence-electron chi connectivity index (χ1n) is 10.9. The van der Waals surface area contributed by atoms with Crippen LogP contribution in [0.1, 0.15) is 66.2 Å². The minimum Gasteiger partial charge on any atom is -0.357 e. The summed E-state index contributed by atoms with van der Waals surface area (Å²) in [5.74, 6) is -1.29. The predicted molar refractivity (Wildman–Crippen MR) is 127 cm³/mol. The molecule has 10 heteroatoms. The van der Waals surface area contributed by atoms with Crippen LogP contribution in [0.25, 0.3) is 0 Å². The van der Waals surface area contributed by atoms with Gasteiger partial charge >= 0.3 is 6.18 Å². The van der Waals surface area contributed by atoms with E-state index in [0.29, 0.717) is 62.4 Å². The van der Waals surface area contributed by atoms with Crippen LogP contribution in [0.15, 0.2) is 29.3 Å². The van der Waals surface area contributed by atoms with Gasteiger partial charge in [0.05, 0.1) is 17.0 Å². The number of amides is 2. The molecule has 1 fully saturated rings. The molecule has 0 bridgehead atoms. The Balaban J connectivity index is 0.00000363. The zero-order valence-electron chi connectivity index (χ0n) is 18.1. The molecule has 6 nitrogen and oxygen atoms in total. The van der Waals surface area contributed by atoms with E-state index in [4.69, 9.17) is 0 Å². The molecule has 2 amide bonds. The second-order valence-corrected chi connectivity index (χ2v) is 8.02. The van der Waals surface area contributed by atoms with Crippen LogP contribution in [0, 0.1) is 5.92 Å². The molecule has 1 aromatic rings. The second-order valence-electron chi connectivity index (χ2n) is 8.02. The maximum atomic E-state index is 13.0. The lowest BCUT2D eigenvalue weighted by molar-refractivity contribution is -0.183. The van der Waals surface area contributed by atoms with Gasteiger partial charge in [-0.2, -0.15) is 13.2 Å². The first kappa shape index (κ1) is 26.4. The van der Waals surface area contributed by atoms with Crippen LogP contribution < -0.4 is 10.6 Å². The first-order valence-corrected chi connectivity index (χ1v) is 10.9. The predicted octanol–water partition coefficient (Wildman–Crippen LogP) is 4.36. The Morgan fingerprint density at radius 2 is 1.78 bits per heavy atom. The molecular weight excluding hydrogens is 536 g/mol. The van der Waals surface area contributed by atoms with Crippen molar-refractivity contribution in [1.29, 1.82) is 0 Å². The highest BCUT2D eigenvalue weighted by molar-refractivity contribution is 14.0. The van der Waals surface area contributed by atoms with E-state index in [1.54, 1.807) is 24.3 Å². The van der Waals surface area contributed by atoms with Gasteiger partial charge in [-0.3, -0.25) is 19.5 Å². The summed E-state index contributed by atoms with van der Waals surface area (Å²) in [7, 11) is 0. The number of carbonyl (C=O) groups excluding carboxylic acids is 2. The highest BCUT2D eigenvalue weighted by atomic mass is 127. The van der Waals surface area contributed by atoms with E-state index in [-0.39, 0.29) is 54.7 Å². The largest absolute Gasteiger partial charge is 0.391 e. The smallest absolute Gasteiger partial charge is 0.357 e. The topological polar surface area (TPSA) is 73.8 Å². The van der Waals surface area contributed by atoms with Crippen LogP contribution in [0.2, 0.25) is 0 Å². The van der Waals surface area contributed by atoms with E-state index in [1.165, 1.54) is 4.90 Å². The second kappa shape index (κ2) is 11.9. The summed E-state index contributed by atoms with van der Waals surface area (Å²) in [6.07, 6.45) is -1.41. The maximum Gasteiger partial charge on any atom is 0.391 e. The van der Waals surface area contributed by atoms with Gasteiger partial charge in [0.25, 0.3) is 11.8 Å². The molecule has 2 aliphatic rings. The SMILES string of the molecule is CCNC(=NCCCCN1C(=O)c2ccccc2C1=O)NC1CCCC(C(F)(F)F)C1.I. The van der Waals surface area contributed by atoms with Crippen molar-refractivity contribution >= 4 is 41.8 Å². The summed E-state index contributed by atoms with van der Waals surface area (Å²) in [5.41, 5.74) is 0.877. The molecule has 2 atom stereocenters. The average Bonchev–Trinajstić information content (AvgIpc) is 2.98. The van der Waals surface area contributed by atoms with Gasteiger partial charge in [0.15, 0.2) is 5.96 Å². The number of aliphatic imine (C=N–C) groups is 1. The van der Waals surface area contributed by atoms with Crippen molar-refractivity contribution in [2.45, 2.75) is 57.7 Å². The fraction of sp³-hybridized carbons (Fsp3) is 0.591. The fourth-order valence-electron chi connectivity index (χ4n) is 4.15. The fourth-order valence-corrected chi connectivity index (χ4v) is 4.15. The van der Waals surface area contributed by atoms with Gasteiger partial charge in [-0.15, -0.1) is 24.0 Å². The zero-order chi connectivity index (χ0) is 22.4. The molecule has 1 aliphatic carbocycles. The monoisotopic (exact) mass is 566 g/mol. The quantitative estimate of drug-likeness (QED) is 0.169. The van der Waals surface area contributed by atoms with E-state index in [0.717, 1.165) is 0 Å². The summed E-state index contributed by atoms with van der Waals surface area (Å²) < 4.78 is 39.1. The molecule has 0 spiro atoms. The summed E-state index contributed by atoms with van der Waals surface area (Å²) in [5, 5.41) is 6.22. The third kappa shape index (κ3) is 6.58. The number of rotatable bonds is 7. The van der Waals surface area contributed by atoms with E-state index >= 15 is 0 Å². The summed E-state index contributed by atoms with van der Waals surface area (Å²) in [4.78, 5) is 30.4. The van der Waals surface area contributed by atoms with Gasteiger partial charge in [0.1, 0.15) is 0 Å². The number of imide groups is 1. The van der Waals surface area contributed by atoms with Crippen molar-refractivity contribution in [2.24, 2.45) is 10.9 Å². The molecule has 1 heterocycles. The number of hydrogen-bond acceptors (Lipinski definition) is 3. The minimum absolute atomic E-state index is 0. The van der Waals surface area contributed by atoms with Gasteiger partial charge in [-0.25, -0.2) is 0 Å². The molecule has 2 unspecified atom stereocenters. The zero-order valence-corrected chi connectivity index (χ0v) is 20.4. The third-order valence-corrected chi connectivity index (χ3v) is 5.76. The lowest BCUT2D eigenvalue weighted by Crippen LogP contribution is -2.46. The summed E-state index contributed by atoms with van der Waals surface area (Å²) >= 11 is 0. The van der Waals surface area contributed by atoms with Crippen molar-refractivity contribution < 1.29 is 22.8 Å². The van der Waals surface area contributed by atoms with Crippen molar-refractivity contribution in [3.8, 4) is 0 Å². The highest BCUT2D eigenvalue weighted by Crippen LogP contribution is 2.37. The van der Waals surface area contributed by atoms with E-state index in [2.05, 4.69) is 15.6 Å². The van der Waals surface area contributed by atoms with Gasteiger partial charge in [-0.05, 0) is 51.2 Å². The maximum absolute atomic E-state index is 13.0. The Morgan fingerprint density at radius 1 is 1.12 bits per heavy atom. The van der Waals surface area contributed by atoms with Crippen LogP contribution in [-0.2, 0) is 0 Å². The van der Waals surface area contributed by atoms with Gasteiger partial charge in [-0.1, -0.05) is 18.6 Å². The van der Waals surface area contributed by atoms with Gasteiger partial charge < -0.3 is 10.6 Å². The Labute approximate surface area is 203 Å². The lowest BCUT2D eigenvalue weighted by atomic mass is 9.85. The molecule has 1 aromatic carbocycles. The van der Waals surface area contributed by atoms with E-state index in [1.807, 2.05) is 6.92 Å². The molecule has 3 rings (SSSR count). The van der Waals surface area contributed by atoms with Gasteiger partial charge in [0, 0.05) is 25.7 Å². The number of halogens is 4. The summed E-state index contributed by atoms with van der Waals surface area (Å²) in [6.45, 7) is 3.28. The van der Waals surface area contributed by atoms with Gasteiger partial charge in [0.2, 0.25) is 0 Å².